The second kappa shape index (κ2) is 13.1. The van der Waals surface area contributed by atoms with Gasteiger partial charge < -0.3 is 19.6 Å². The van der Waals surface area contributed by atoms with Crippen LogP contribution in [0.3, 0.4) is 0 Å². The van der Waals surface area contributed by atoms with E-state index in [0.29, 0.717) is 29.1 Å². The highest BCUT2D eigenvalue weighted by Gasteiger charge is 2.60. The van der Waals surface area contributed by atoms with Gasteiger partial charge in [-0.15, -0.1) is 0 Å². The van der Waals surface area contributed by atoms with Crippen molar-refractivity contribution in [1.82, 2.24) is 19.6 Å². The topological polar surface area (TPSA) is 47.1 Å². The minimum Gasteiger partial charge on any atom is -0.340 e. The SMILES string of the molecule is CC(C)C1CC[C@H]2[C@@H]3CC[C@H]([C@H](C)CCC(=O)N4CCN(C)CC4)[C@@]3(C)CC[C@@H]2[C@@]1(C)CCC(=O)N1CCN(C)CC1. The number of piperazine rings is 2. The fraction of sp³-hybridized carbons (Fsp3) is 0.944. The van der Waals surface area contributed by atoms with Gasteiger partial charge in [0.2, 0.25) is 11.8 Å². The van der Waals surface area contributed by atoms with Crippen molar-refractivity contribution in [3.05, 3.63) is 0 Å². The normalized spacial score (nSPS) is 38.8. The zero-order valence-electron chi connectivity index (χ0n) is 28.4. The molecule has 0 aromatic carbocycles. The quantitative estimate of drug-likeness (QED) is 0.359. The molecule has 6 nitrogen and oxygen atoms in total. The van der Waals surface area contributed by atoms with Crippen molar-refractivity contribution in [2.45, 2.75) is 98.8 Å². The Morgan fingerprint density at radius 3 is 1.81 bits per heavy atom. The molecule has 1 unspecified atom stereocenters. The molecule has 0 aromatic rings. The highest BCUT2D eigenvalue weighted by atomic mass is 16.2. The van der Waals surface area contributed by atoms with Crippen molar-refractivity contribution < 1.29 is 9.59 Å². The molecule has 0 N–H and O–H groups in total. The molecule has 3 saturated carbocycles. The Morgan fingerprint density at radius 2 is 1.24 bits per heavy atom. The summed E-state index contributed by atoms with van der Waals surface area (Å²) in [6.45, 7) is 20.2. The molecular formula is C36H64N4O2. The molecule has 0 bridgehead atoms. The van der Waals surface area contributed by atoms with Gasteiger partial charge in [0.05, 0.1) is 0 Å². The summed E-state index contributed by atoms with van der Waals surface area (Å²) in [7, 11) is 4.32. The van der Waals surface area contributed by atoms with E-state index in [1.807, 2.05) is 0 Å². The minimum absolute atomic E-state index is 0.263. The van der Waals surface area contributed by atoms with Crippen molar-refractivity contribution in [2.24, 2.45) is 52.3 Å². The lowest BCUT2D eigenvalue weighted by molar-refractivity contribution is -0.138. The number of rotatable bonds is 8. The Balaban J connectivity index is 1.22. The second-order valence-electron chi connectivity index (χ2n) is 16.4. The summed E-state index contributed by atoms with van der Waals surface area (Å²) in [6.07, 6.45) is 11.7. The third-order valence-corrected chi connectivity index (χ3v) is 13.9. The number of fused-ring (bicyclic) bond motifs is 3. The summed E-state index contributed by atoms with van der Waals surface area (Å²) in [5.41, 5.74) is 0.679. The van der Waals surface area contributed by atoms with Crippen LogP contribution in [0.1, 0.15) is 98.8 Å². The molecule has 2 aliphatic heterocycles. The molecule has 2 heterocycles. The molecule has 3 aliphatic carbocycles. The Morgan fingerprint density at radius 1 is 0.690 bits per heavy atom. The largest absolute Gasteiger partial charge is 0.340 e. The van der Waals surface area contributed by atoms with Gasteiger partial charge in [0.15, 0.2) is 0 Å². The van der Waals surface area contributed by atoms with Gasteiger partial charge in [-0.25, -0.2) is 0 Å². The van der Waals surface area contributed by atoms with E-state index >= 15 is 0 Å². The number of carbonyl (C=O) groups is 2. The Labute approximate surface area is 258 Å². The smallest absolute Gasteiger partial charge is 0.222 e. The van der Waals surface area contributed by atoms with Gasteiger partial charge >= 0.3 is 0 Å². The first-order valence-corrected chi connectivity index (χ1v) is 17.9. The van der Waals surface area contributed by atoms with E-state index in [9.17, 15) is 9.59 Å². The standard InChI is InChI=1S/C36H64N4O2/c1-26(2)29-10-9-28-31-12-11-30(27(3)8-13-33(41)39-22-18-37(6)19-23-39)36(31,5)16-14-32(28)35(29,4)17-15-34(42)40-24-20-38(7)21-25-40/h26-32H,8-25H2,1-7H3/t27-,28+,29?,30-,31+,32+,35+,36-/m1/s1. The molecule has 2 amide bonds. The Kier molecular flexibility index (Phi) is 10.0. The summed E-state index contributed by atoms with van der Waals surface area (Å²) in [5.74, 6) is 5.93. The molecule has 8 atom stereocenters. The molecular weight excluding hydrogens is 520 g/mol. The van der Waals surface area contributed by atoms with Crippen LogP contribution in [0.2, 0.25) is 0 Å². The zero-order valence-corrected chi connectivity index (χ0v) is 28.4. The average Bonchev–Trinajstić information content (AvgIpc) is 3.32. The average molecular weight is 585 g/mol. The van der Waals surface area contributed by atoms with Gasteiger partial charge in [-0.2, -0.15) is 0 Å². The predicted molar refractivity (Wildman–Crippen MR) is 172 cm³/mol. The van der Waals surface area contributed by atoms with E-state index < -0.39 is 0 Å². The third-order valence-electron chi connectivity index (χ3n) is 13.9. The lowest BCUT2D eigenvalue weighted by Crippen LogP contribution is -2.53. The predicted octanol–water partition coefficient (Wildman–Crippen LogP) is 5.86. The summed E-state index contributed by atoms with van der Waals surface area (Å²) in [4.78, 5) is 35.3. The van der Waals surface area contributed by atoms with Crippen LogP contribution in [0.4, 0.5) is 0 Å². The first kappa shape index (κ1) is 32.3. The van der Waals surface area contributed by atoms with Gasteiger partial charge in [-0.3, -0.25) is 9.59 Å². The lowest BCUT2D eigenvalue weighted by atomic mass is 9.45. The fourth-order valence-electron chi connectivity index (χ4n) is 11.3. The number of likely N-dealkylation sites (N-methyl/N-ethyl adjacent to an activating group) is 2. The van der Waals surface area contributed by atoms with Crippen molar-refractivity contribution in [2.75, 3.05) is 66.5 Å². The number of nitrogens with zero attached hydrogens (tertiary/aromatic N) is 4. The molecule has 5 aliphatic rings. The third kappa shape index (κ3) is 6.32. The molecule has 6 heteroatoms. The van der Waals surface area contributed by atoms with Crippen LogP contribution in [0, 0.1) is 52.3 Å². The van der Waals surface area contributed by atoms with E-state index in [1.165, 1.54) is 38.5 Å². The molecule has 2 saturated heterocycles. The maximum atomic E-state index is 13.4. The summed E-state index contributed by atoms with van der Waals surface area (Å²) in [5, 5.41) is 0. The van der Waals surface area contributed by atoms with Gasteiger partial charge in [-0.1, -0.05) is 34.6 Å². The van der Waals surface area contributed by atoms with Gasteiger partial charge in [0, 0.05) is 65.2 Å². The molecule has 5 fully saturated rings. The Bertz CT molecular complexity index is 939. The van der Waals surface area contributed by atoms with Crippen molar-refractivity contribution in [1.29, 1.82) is 0 Å². The van der Waals surface area contributed by atoms with E-state index in [2.05, 4.69) is 68.3 Å². The van der Waals surface area contributed by atoms with E-state index in [-0.39, 0.29) is 5.41 Å². The van der Waals surface area contributed by atoms with Crippen molar-refractivity contribution in [3.8, 4) is 0 Å². The maximum Gasteiger partial charge on any atom is 0.222 e. The number of amides is 2. The molecule has 42 heavy (non-hydrogen) atoms. The number of carbonyl (C=O) groups excluding carboxylic acids is 2. The van der Waals surface area contributed by atoms with E-state index in [4.69, 9.17) is 0 Å². The van der Waals surface area contributed by atoms with Crippen molar-refractivity contribution >= 4 is 11.8 Å². The zero-order chi connectivity index (χ0) is 30.2. The van der Waals surface area contributed by atoms with Crippen molar-refractivity contribution in [3.63, 3.8) is 0 Å². The molecule has 0 spiro atoms. The second-order valence-corrected chi connectivity index (χ2v) is 16.4. The van der Waals surface area contributed by atoms with Crippen LogP contribution in [-0.4, -0.2) is 97.9 Å². The summed E-state index contributed by atoms with van der Waals surface area (Å²) in [6, 6.07) is 0. The van der Waals surface area contributed by atoms with Crippen LogP contribution < -0.4 is 0 Å². The lowest BCUT2D eigenvalue weighted by Gasteiger charge is -2.60. The van der Waals surface area contributed by atoms with Crippen LogP contribution in [0.5, 0.6) is 0 Å². The molecule has 0 radical (unpaired) electrons. The summed E-state index contributed by atoms with van der Waals surface area (Å²) >= 11 is 0. The number of hydrogen-bond donors (Lipinski definition) is 0. The number of hydrogen-bond acceptors (Lipinski definition) is 4. The minimum atomic E-state index is 0.263. The van der Waals surface area contributed by atoms with Crippen LogP contribution in [0.25, 0.3) is 0 Å². The van der Waals surface area contributed by atoms with Crippen LogP contribution in [0.15, 0.2) is 0 Å². The monoisotopic (exact) mass is 585 g/mol. The van der Waals surface area contributed by atoms with E-state index in [1.54, 1.807) is 0 Å². The van der Waals surface area contributed by atoms with Gasteiger partial charge in [0.25, 0.3) is 0 Å². The highest BCUT2D eigenvalue weighted by molar-refractivity contribution is 5.76. The van der Waals surface area contributed by atoms with Gasteiger partial charge in [-0.05, 0) is 118 Å². The van der Waals surface area contributed by atoms with E-state index in [0.717, 1.165) is 108 Å². The highest BCUT2D eigenvalue weighted by Crippen LogP contribution is 2.68. The Hall–Kier alpha value is -1.14. The maximum absolute atomic E-state index is 13.4. The van der Waals surface area contributed by atoms with Crippen LogP contribution in [-0.2, 0) is 9.59 Å². The molecule has 240 valence electrons. The fourth-order valence-corrected chi connectivity index (χ4v) is 11.3. The summed E-state index contributed by atoms with van der Waals surface area (Å²) < 4.78 is 0. The van der Waals surface area contributed by atoms with Crippen LogP contribution >= 0.6 is 0 Å². The molecule has 5 rings (SSSR count). The molecule has 0 aromatic heterocycles. The first-order chi connectivity index (χ1) is 19.9. The first-order valence-electron chi connectivity index (χ1n) is 17.9. The van der Waals surface area contributed by atoms with Gasteiger partial charge in [0.1, 0.15) is 0 Å².